The van der Waals surface area contributed by atoms with Crippen molar-refractivity contribution in [3.05, 3.63) is 17.5 Å². The third-order valence-corrected chi connectivity index (χ3v) is 2.73. The maximum atomic E-state index is 11.9. The molecule has 0 saturated carbocycles. The molecule has 0 aromatic carbocycles. The molecular formula is C11H17N3O2. The second-order valence-electron chi connectivity index (χ2n) is 4.30. The zero-order chi connectivity index (χ0) is 11.5. The molecule has 1 aromatic heterocycles. The minimum Gasteiger partial charge on any atom is -0.361 e. The third kappa shape index (κ3) is 2.61. The number of hydrogen-bond acceptors (Lipinski definition) is 4. The average Bonchev–Trinajstić information content (AvgIpc) is 2.64. The van der Waals surface area contributed by atoms with E-state index in [0.29, 0.717) is 18.2 Å². The second-order valence-corrected chi connectivity index (χ2v) is 4.30. The van der Waals surface area contributed by atoms with Gasteiger partial charge in [-0.25, -0.2) is 0 Å². The Balaban J connectivity index is 1.92. The maximum Gasteiger partial charge on any atom is 0.228 e. The summed E-state index contributed by atoms with van der Waals surface area (Å²) >= 11 is 0. The first-order chi connectivity index (χ1) is 7.65. The minimum atomic E-state index is 0.127. The molecule has 1 unspecified atom stereocenters. The molecule has 1 atom stereocenters. The van der Waals surface area contributed by atoms with E-state index in [1.807, 2.05) is 17.9 Å². The summed E-state index contributed by atoms with van der Waals surface area (Å²) in [5, 5.41) is 7.14. The van der Waals surface area contributed by atoms with Gasteiger partial charge in [0.05, 0.1) is 12.1 Å². The molecule has 1 aliphatic heterocycles. The summed E-state index contributed by atoms with van der Waals surface area (Å²) in [4.78, 5) is 13.8. The van der Waals surface area contributed by atoms with E-state index in [2.05, 4.69) is 17.4 Å². The Morgan fingerprint density at radius 3 is 3.19 bits per heavy atom. The molecule has 5 nitrogen and oxygen atoms in total. The van der Waals surface area contributed by atoms with Crippen LogP contribution in [0.3, 0.4) is 0 Å². The molecule has 1 saturated heterocycles. The number of amides is 1. The zero-order valence-electron chi connectivity index (χ0n) is 9.69. The Bertz CT molecular complexity index is 375. The highest BCUT2D eigenvalue weighted by molar-refractivity contribution is 5.78. The van der Waals surface area contributed by atoms with E-state index in [1.165, 1.54) is 0 Å². The highest BCUT2D eigenvalue weighted by Crippen LogP contribution is 2.06. The molecule has 2 rings (SSSR count). The van der Waals surface area contributed by atoms with Crippen LogP contribution < -0.4 is 5.32 Å². The molecule has 88 valence electrons. The Labute approximate surface area is 94.8 Å². The topological polar surface area (TPSA) is 58.4 Å². The molecular weight excluding hydrogens is 206 g/mol. The van der Waals surface area contributed by atoms with Gasteiger partial charge in [0.25, 0.3) is 0 Å². The van der Waals surface area contributed by atoms with Gasteiger partial charge in [0.2, 0.25) is 5.91 Å². The van der Waals surface area contributed by atoms with Crippen LogP contribution in [0.2, 0.25) is 0 Å². The molecule has 16 heavy (non-hydrogen) atoms. The monoisotopic (exact) mass is 223 g/mol. The number of carbonyl (C=O) groups excluding carboxylic acids is 1. The SMILES string of the molecule is Cc1cc(CC(=O)N2CCNC(C)C2)no1. The van der Waals surface area contributed by atoms with Gasteiger partial charge >= 0.3 is 0 Å². The molecule has 0 bridgehead atoms. The first-order valence-corrected chi connectivity index (χ1v) is 5.58. The van der Waals surface area contributed by atoms with Crippen molar-refractivity contribution in [3.8, 4) is 0 Å². The Hall–Kier alpha value is -1.36. The Morgan fingerprint density at radius 2 is 2.56 bits per heavy atom. The van der Waals surface area contributed by atoms with E-state index < -0.39 is 0 Å². The van der Waals surface area contributed by atoms with Crippen LogP contribution in [-0.2, 0) is 11.2 Å². The molecule has 1 amide bonds. The van der Waals surface area contributed by atoms with Gasteiger partial charge in [-0.05, 0) is 13.8 Å². The summed E-state index contributed by atoms with van der Waals surface area (Å²) in [6.07, 6.45) is 0.337. The van der Waals surface area contributed by atoms with E-state index in [1.54, 1.807) is 0 Å². The Kier molecular flexibility index (Phi) is 3.24. The smallest absolute Gasteiger partial charge is 0.228 e. The molecule has 1 N–H and O–H groups in total. The summed E-state index contributed by atoms with van der Waals surface area (Å²) in [6.45, 7) is 6.33. The predicted molar refractivity (Wildman–Crippen MR) is 59.0 cm³/mol. The van der Waals surface area contributed by atoms with Gasteiger partial charge in [-0.1, -0.05) is 5.16 Å². The van der Waals surface area contributed by atoms with Crippen molar-refractivity contribution in [1.82, 2.24) is 15.4 Å². The lowest BCUT2D eigenvalue weighted by atomic mass is 10.2. The minimum absolute atomic E-state index is 0.127. The van der Waals surface area contributed by atoms with E-state index in [-0.39, 0.29) is 5.91 Å². The van der Waals surface area contributed by atoms with Crippen molar-refractivity contribution < 1.29 is 9.32 Å². The predicted octanol–water partition coefficient (Wildman–Crippen LogP) is 0.346. The number of aromatic nitrogens is 1. The molecule has 0 aliphatic carbocycles. The van der Waals surface area contributed by atoms with Crippen LogP contribution in [0.25, 0.3) is 0 Å². The fourth-order valence-electron chi connectivity index (χ4n) is 1.93. The van der Waals surface area contributed by atoms with Crippen LogP contribution >= 0.6 is 0 Å². The number of nitrogens with one attached hydrogen (secondary N) is 1. The number of nitrogens with zero attached hydrogens (tertiary/aromatic N) is 2. The standard InChI is InChI=1S/C11H17N3O2/c1-8-7-14(4-3-12-8)11(15)6-10-5-9(2)16-13-10/h5,8,12H,3-4,6-7H2,1-2H3. The lowest BCUT2D eigenvalue weighted by Gasteiger charge is -2.31. The van der Waals surface area contributed by atoms with E-state index in [4.69, 9.17) is 4.52 Å². The first-order valence-electron chi connectivity index (χ1n) is 5.58. The van der Waals surface area contributed by atoms with E-state index in [0.717, 1.165) is 25.4 Å². The number of rotatable bonds is 2. The lowest BCUT2D eigenvalue weighted by Crippen LogP contribution is -2.51. The fraction of sp³-hybridized carbons (Fsp3) is 0.636. The van der Waals surface area contributed by atoms with Gasteiger partial charge in [0.1, 0.15) is 5.76 Å². The van der Waals surface area contributed by atoms with Crippen molar-refractivity contribution in [3.63, 3.8) is 0 Å². The van der Waals surface area contributed by atoms with E-state index >= 15 is 0 Å². The van der Waals surface area contributed by atoms with Crippen molar-refractivity contribution in [2.24, 2.45) is 0 Å². The summed E-state index contributed by atoms with van der Waals surface area (Å²) in [5.41, 5.74) is 0.716. The fourth-order valence-corrected chi connectivity index (χ4v) is 1.93. The molecule has 1 aromatic rings. The van der Waals surface area contributed by atoms with Gasteiger partial charge in [-0.2, -0.15) is 0 Å². The zero-order valence-corrected chi connectivity index (χ0v) is 9.69. The van der Waals surface area contributed by atoms with Crippen molar-refractivity contribution in [1.29, 1.82) is 0 Å². The van der Waals surface area contributed by atoms with Crippen LogP contribution in [0.1, 0.15) is 18.4 Å². The highest BCUT2D eigenvalue weighted by atomic mass is 16.5. The van der Waals surface area contributed by atoms with Crippen LogP contribution in [0.5, 0.6) is 0 Å². The maximum absolute atomic E-state index is 11.9. The second kappa shape index (κ2) is 4.65. The molecule has 0 spiro atoms. The number of aryl methyl sites for hydroxylation is 1. The van der Waals surface area contributed by atoms with Crippen molar-refractivity contribution >= 4 is 5.91 Å². The van der Waals surface area contributed by atoms with Gasteiger partial charge in [0, 0.05) is 31.7 Å². The number of piperazine rings is 1. The summed E-state index contributed by atoms with van der Waals surface area (Å²) < 4.78 is 4.94. The van der Waals surface area contributed by atoms with Crippen LogP contribution in [-0.4, -0.2) is 41.6 Å². The van der Waals surface area contributed by atoms with Gasteiger partial charge in [0.15, 0.2) is 0 Å². The van der Waals surface area contributed by atoms with Gasteiger partial charge in [-0.15, -0.1) is 0 Å². The lowest BCUT2D eigenvalue weighted by molar-refractivity contribution is -0.131. The summed E-state index contributed by atoms with van der Waals surface area (Å²) in [6, 6.07) is 2.18. The van der Waals surface area contributed by atoms with Gasteiger partial charge in [-0.3, -0.25) is 4.79 Å². The molecule has 1 fully saturated rings. The normalized spacial score (nSPS) is 21.1. The quantitative estimate of drug-likeness (QED) is 0.785. The first kappa shape index (κ1) is 11.1. The summed E-state index contributed by atoms with van der Waals surface area (Å²) in [5.74, 6) is 0.873. The summed E-state index contributed by atoms with van der Waals surface area (Å²) in [7, 11) is 0. The van der Waals surface area contributed by atoms with Gasteiger partial charge < -0.3 is 14.7 Å². The third-order valence-electron chi connectivity index (χ3n) is 2.73. The van der Waals surface area contributed by atoms with Crippen molar-refractivity contribution in [2.75, 3.05) is 19.6 Å². The van der Waals surface area contributed by atoms with Crippen LogP contribution in [0.15, 0.2) is 10.6 Å². The highest BCUT2D eigenvalue weighted by Gasteiger charge is 2.21. The molecule has 2 heterocycles. The number of carbonyl (C=O) groups is 1. The van der Waals surface area contributed by atoms with Crippen molar-refractivity contribution in [2.45, 2.75) is 26.3 Å². The average molecular weight is 223 g/mol. The van der Waals surface area contributed by atoms with Crippen LogP contribution in [0.4, 0.5) is 0 Å². The molecule has 5 heteroatoms. The largest absolute Gasteiger partial charge is 0.361 e. The Morgan fingerprint density at radius 1 is 1.75 bits per heavy atom. The molecule has 1 aliphatic rings. The van der Waals surface area contributed by atoms with E-state index in [9.17, 15) is 4.79 Å². The van der Waals surface area contributed by atoms with Crippen LogP contribution in [0, 0.1) is 6.92 Å². The molecule has 0 radical (unpaired) electrons. The number of hydrogen-bond donors (Lipinski definition) is 1.